The van der Waals surface area contributed by atoms with Gasteiger partial charge in [0.2, 0.25) is 5.88 Å². The molecule has 8 heteroatoms. The highest BCUT2D eigenvalue weighted by Crippen LogP contribution is 2.26. The van der Waals surface area contributed by atoms with Crippen LogP contribution in [0.2, 0.25) is 0 Å². The van der Waals surface area contributed by atoms with E-state index in [2.05, 4.69) is 20.9 Å². The maximum absolute atomic E-state index is 13.2. The zero-order chi connectivity index (χ0) is 21.8. The Bertz CT molecular complexity index is 1250. The number of fused-ring (bicyclic) bond motifs is 1. The molecule has 4 rings (SSSR count). The molecule has 156 valence electrons. The van der Waals surface area contributed by atoms with E-state index in [4.69, 9.17) is 4.74 Å². The number of hydrogen-bond acceptors (Lipinski definition) is 5. The van der Waals surface area contributed by atoms with E-state index in [0.29, 0.717) is 24.5 Å². The summed E-state index contributed by atoms with van der Waals surface area (Å²) in [5, 5.41) is 9.66. The van der Waals surface area contributed by atoms with Crippen LogP contribution in [0.4, 0.5) is 0 Å². The average molecular weight is 479 g/mol. The number of carbonyl (C=O) groups is 1. The predicted molar refractivity (Wildman–Crippen MR) is 120 cm³/mol. The van der Waals surface area contributed by atoms with Gasteiger partial charge in [0.25, 0.3) is 11.5 Å². The molecule has 2 aromatic heterocycles. The number of rotatable bonds is 4. The molecule has 1 aliphatic heterocycles. The van der Waals surface area contributed by atoms with Crippen LogP contribution in [-0.2, 0) is 4.79 Å². The maximum Gasteiger partial charge on any atom is 0.269 e. The monoisotopic (exact) mass is 478 g/mol. The van der Waals surface area contributed by atoms with Crippen molar-refractivity contribution in [1.82, 2.24) is 14.3 Å². The summed E-state index contributed by atoms with van der Waals surface area (Å²) in [5.41, 5.74) is -0.0830. The standard InChI is InChI=1S/C23H19BrN4O3/c24-17-7-9-18(10-8-17)31-21-19(23(30)28-13-5-2-6-20(28)26-21)14-16(15-25)22(29)27-11-3-1-4-12-27/h2,5-10,13-14H,1,3-4,11-12H2. The second-order valence-corrected chi connectivity index (χ2v) is 8.06. The molecule has 0 unspecified atom stereocenters. The summed E-state index contributed by atoms with van der Waals surface area (Å²) >= 11 is 3.37. The van der Waals surface area contributed by atoms with Crippen molar-refractivity contribution in [2.75, 3.05) is 13.1 Å². The minimum atomic E-state index is -0.420. The number of ether oxygens (including phenoxy) is 1. The molecule has 31 heavy (non-hydrogen) atoms. The van der Waals surface area contributed by atoms with Gasteiger partial charge in [-0.3, -0.25) is 14.0 Å². The van der Waals surface area contributed by atoms with Crippen LogP contribution in [-0.4, -0.2) is 33.3 Å². The Morgan fingerprint density at radius 3 is 2.58 bits per heavy atom. The van der Waals surface area contributed by atoms with Crippen LogP contribution >= 0.6 is 15.9 Å². The van der Waals surface area contributed by atoms with Crippen LogP contribution in [0.5, 0.6) is 11.6 Å². The third-order valence-corrected chi connectivity index (χ3v) is 5.57. The van der Waals surface area contributed by atoms with E-state index in [1.165, 1.54) is 10.5 Å². The third-order valence-electron chi connectivity index (χ3n) is 5.05. The van der Waals surface area contributed by atoms with Crippen molar-refractivity contribution < 1.29 is 9.53 Å². The van der Waals surface area contributed by atoms with Crippen LogP contribution in [0.1, 0.15) is 24.8 Å². The Labute approximate surface area is 187 Å². The first-order chi connectivity index (χ1) is 15.1. The molecule has 0 aliphatic carbocycles. The van der Waals surface area contributed by atoms with Crippen molar-refractivity contribution in [3.8, 4) is 17.7 Å². The zero-order valence-electron chi connectivity index (χ0n) is 16.6. The van der Waals surface area contributed by atoms with Gasteiger partial charge in [0, 0.05) is 23.8 Å². The van der Waals surface area contributed by atoms with Crippen molar-refractivity contribution in [3.05, 3.63) is 74.6 Å². The average Bonchev–Trinajstić information content (AvgIpc) is 2.81. The van der Waals surface area contributed by atoms with Crippen LogP contribution < -0.4 is 10.3 Å². The normalized spacial score (nSPS) is 14.3. The minimum Gasteiger partial charge on any atom is -0.438 e. The fourth-order valence-electron chi connectivity index (χ4n) is 3.45. The summed E-state index contributed by atoms with van der Waals surface area (Å²) in [6.07, 6.45) is 5.76. The highest BCUT2D eigenvalue weighted by atomic mass is 79.9. The first-order valence-corrected chi connectivity index (χ1v) is 10.7. The number of halogens is 1. The molecule has 0 bridgehead atoms. The van der Waals surface area contributed by atoms with Crippen LogP contribution in [0.25, 0.3) is 11.7 Å². The Hall–Kier alpha value is -3.44. The van der Waals surface area contributed by atoms with Gasteiger partial charge in [0.1, 0.15) is 28.6 Å². The highest BCUT2D eigenvalue weighted by Gasteiger charge is 2.22. The number of pyridine rings is 1. The first-order valence-electron chi connectivity index (χ1n) is 9.93. The van der Waals surface area contributed by atoms with E-state index in [0.717, 1.165) is 23.7 Å². The van der Waals surface area contributed by atoms with Crippen LogP contribution in [0.3, 0.4) is 0 Å². The van der Waals surface area contributed by atoms with Gasteiger partial charge in [-0.25, -0.2) is 0 Å². The van der Waals surface area contributed by atoms with Crippen LogP contribution in [0.15, 0.2) is 63.5 Å². The number of amides is 1. The third kappa shape index (κ3) is 4.52. The van der Waals surface area contributed by atoms with E-state index < -0.39 is 5.56 Å². The summed E-state index contributed by atoms with van der Waals surface area (Å²) in [7, 11) is 0. The van der Waals surface area contributed by atoms with Gasteiger partial charge in [-0.1, -0.05) is 22.0 Å². The molecule has 1 saturated heterocycles. The van der Waals surface area contributed by atoms with E-state index in [1.54, 1.807) is 53.6 Å². The second-order valence-electron chi connectivity index (χ2n) is 7.14. The topological polar surface area (TPSA) is 87.7 Å². The lowest BCUT2D eigenvalue weighted by Gasteiger charge is -2.26. The molecule has 0 spiro atoms. The molecule has 7 nitrogen and oxygen atoms in total. The molecular weight excluding hydrogens is 460 g/mol. The zero-order valence-corrected chi connectivity index (χ0v) is 18.2. The maximum atomic E-state index is 13.2. The highest BCUT2D eigenvalue weighted by molar-refractivity contribution is 9.10. The Balaban J connectivity index is 1.82. The van der Waals surface area contributed by atoms with Gasteiger partial charge < -0.3 is 9.64 Å². The lowest BCUT2D eigenvalue weighted by molar-refractivity contribution is -0.127. The Morgan fingerprint density at radius 1 is 1.13 bits per heavy atom. The van der Waals surface area contributed by atoms with Crippen molar-refractivity contribution in [2.45, 2.75) is 19.3 Å². The van der Waals surface area contributed by atoms with Gasteiger partial charge in [0.15, 0.2) is 0 Å². The number of carbonyl (C=O) groups excluding carboxylic acids is 1. The summed E-state index contributed by atoms with van der Waals surface area (Å²) in [6.45, 7) is 1.21. The van der Waals surface area contributed by atoms with Gasteiger partial charge in [-0.15, -0.1) is 0 Å². The minimum absolute atomic E-state index is 0.0396. The van der Waals surface area contributed by atoms with E-state index in [9.17, 15) is 14.9 Å². The number of likely N-dealkylation sites (tertiary alicyclic amines) is 1. The molecule has 0 radical (unpaired) electrons. The van der Waals surface area contributed by atoms with Gasteiger partial charge >= 0.3 is 0 Å². The molecule has 0 N–H and O–H groups in total. The number of hydrogen-bond donors (Lipinski definition) is 0. The van der Waals surface area contributed by atoms with E-state index >= 15 is 0 Å². The first kappa shape index (κ1) is 20.8. The number of benzene rings is 1. The number of piperidine rings is 1. The summed E-state index contributed by atoms with van der Waals surface area (Å²) in [5.74, 6) is 0.137. The van der Waals surface area contributed by atoms with Gasteiger partial charge in [0.05, 0.1) is 0 Å². The molecule has 1 aliphatic rings. The second kappa shape index (κ2) is 9.14. The smallest absolute Gasteiger partial charge is 0.269 e. The number of aromatic nitrogens is 2. The van der Waals surface area contributed by atoms with Crippen molar-refractivity contribution in [1.29, 1.82) is 5.26 Å². The molecule has 0 atom stereocenters. The SMILES string of the molecule is N#CC(=Cc1c(Oc2ccc(Br)cc2)nc2ccccn2c1=O)C(=O)N1CCCCC1. The molecule has 1 aromatic carbocycles. The van der Waals surface area contributed by atoms with E-state index in [-0.39, 0.29) is 22.9 Å². The summed E-state index contributed by atoms with van der Waals surface area (Å²) < 4.78 is 8.14. The fraction of sp³-hybridized carbons (Fsp3) is 0.217. The number of nitriles is 1. The van der Waals surface area contributed by atoms with Crippen LogP contribution in [0, 0.1) is 11.3 Å². The van der Waals surface area contributed by atoms with Crippen molar-refractivity contribution in [3.63, 3.8) is 0 Å². The quantitative estimate of drug-likeness (QED) is 0.414. The lowest BCUT2D eigenvalue weighted by atomic mass is 10.1. The van der Waals surface area contributed by atoms with Gasteiger partial charge in [-0.05, 0) is 61.7 Å². The molecule has 0 saturated carbocycles. The Morgan fingerprint density at radius 2 is 1.87 bits per heavy atom. The predicted octanol–water partition coefficient (Wildman–Crippen LogP) is 4.17. The summed E-state index contributed by atoms with van der Waals surface area (Å²) in [6, 6.07) is 14.2. The molecule has 3 heterocycles. The molecule has 1 fully saturated rings. The van der Waals surface area contributed by atoms with E-state index in [1.807, 2.05) is 6.07 Å². The number of nitrogens with zero attached hydrogens (tertiary/aromatic N) is 4. The summed E-state index contributed by atoms with van der Waals surface area (Å²) in [4.78, 5) is 32.2. The molecule has 3 aromatic rings. The van der Waals surface area contributed by atoms with Crippen molar-refractivity contribution in [2.24, 2.45) is 0 Å². The lowest BCUT2D eigenvalue weighted by Crippen LogP contribution is -2.36. The largest absolute Gasteiger partial charge is 0.438 e. The molecular formula is C23H19BrN4O3. The fourth-order valence-corrected chi connectivity index (χ4v) is 3.72. The van der Waals surface area contributed by atoms with Crippen molar-refractivity contribution >= 4 is 33.6 Å². The van der Waals surface area contributed by atoms with Gasteiger partial charge in [-0.2, -0.15) is 10.2 Å². The molecule has 1 amide bonds. The Kier molecular flexibility index (Phi) is 6.14.